The van der Waals surface area contributed by atoms with Crippen molar-refractivity contribution in [2.45, 2.75) is 25.2 Å². The maximum absolute atomic E-state index is 12.0. The molecule has 0 fully saturated rings. The maximum atomic E-state index is 12.0. The van der Waals surface area contributed by atoms with Crippen LogP contribution in [-0.4, -0.2) is 15.0 Å². The molecule has 0 spiro atoms. The molecule has 0 bridgehead atoms. The minimum atomic E-state index is -3.58. The van der Waals surface area contributed by atoms with E-state index in [1.54, 1.807) is 6.07 Å². The van der Waals surface area contributed by atoms with Crippen molar-refractivity contribution in [2.24, 2.45) is 5.92 Å². The lowest BCUT2D eigenvalue weighted by molar-refractivity contribution is 0.528. The van der Waals surface area contributed by atoms with E-state index in [-0.39, 0.29) is 15.8 Å². The molecule has 1 atom stereocenters. The Balaban J connectivity index is 2.93. The van der Waals surface area contributed by atoms with E-state index < -0.39 is 10.0 Å². The van der Waals surface area contributed by atoms with Crippen molar-refractivity contribution < 1.29 is 8.42 Å². The van der Waals surface area contributed by atoms with Crippen LogP contribution in [0.15, 0.2) is 23.1 Å². The molecule has 0 radical (unpaired) electrons. The van der Waals surface area contributed by atoms with Crippen LogP contribution < -0.4 is 10.5 Å². The third-order valence-corrected chi connectivity index (χ3v) is 4.47. The zero-order valence-electron chi connectivity index (χ0n) is 9.90. The van der Waals surface area contributed by atoms with Gasteiger partial charge in [0.15, 0.2) is 0 Å². The van der Waals surface area contributed by atoms with E-state index >= 15 is 0 Å². The Hall–Kier alpha value is -0.780. The van der Waals surface area contributed by atoms with Gasteiger partial charge in [0.05, 0.1) is 5.02 Å². The van der Waals surface area contributed by atoms with Crippen molar-refractivity contribution in [3.63, 3.8) is 0 Å². The van der Waals surface area contributed by atoms with Crippen LogP contribution in [0.4, 0.5) is 5.69 Å². The van der Waals surface area contributed by atoms with Crippen molar-refractivity contribution in [2.75, 3.05) is 12.3 Å². The topological polar surface area (TPSA) is 72.2 Å². The number of nitrogen functional groups attached to an aromatic ring is 1. The average molecular weight is 277 g/mol. The number of benzene rings is 1. The van der Waals surface area contributed by atoms with Crippen LogP contribution in [0.25, 0.3) is 0 Å². The second-order valence-corrected chi connectivity index (χ2v) is 6.20. The molecule has 1 unspecified atom stereocenters. The highest BCUT2D eigenvalue weighted by molar-refractivity contribution is 7.89. The van der Waals surface area contributed by atoms with Gasteiger partial charge in [0.1, 0.15) is 4.90 Å². The van der Waals surface area contributed by atoms with Gasteiger partial charge in [-0.1, -0.05) is 31.9 Å². The molecule has 96 valence electrons. The van der Waals surface area contributed by atoms with Crippen molar-refractivity contribution >= 4 is 27.3 Å². The minimum Gasteiger partial charge on any atom is -0.399 e. The summed E-state index contributed by atoms with van der Waals surface area (Å²) >= 11 is 5.86. The summed E-state index contributed by atoms with van der Waals surface area (Å²) in [5.74, 6) is 0.282. The van der Waals surface area contributed by atoms with Gasteiger partial charge in [-0.3, -0.25) is 0 Å². The Labute approximate surface area is 107 Å². The third kappa shape index (κ3) is 3.87. The van der Waals surface area contributed by atoms with Crippen LogP contribution in [0.3, 0.4) is 0 Å². The molecule has 1 rings (SSSR count). The molecular weight excluding hydrogens is 260 g/mol. The molecule has 0 aliphatic heterocycles. The Bertz CT molecular complexity index is 488. The summed E-state index contributed by atoms with van der Waals surface area (Å²) in [7, 11) is -3.58. The van der Waals surface area contributed by atoms with Gasteiger partial charge >= 0.3 is 0 Å². The third-order valence-electron chi connectivity index (χ3n) is 2.56. The van der Waals surface area contributed by atoms with Gasteiger partial charge in [-0.25, -0.2) is 13.1 Å². The highest BCUT2D eigenvalue weighted by atomic mass is 35.5. The van der Waals surface area contributed by atoms with Gasteiger partial charge in [-0.05, 0) is 24.1 Å². The molecule has 0 aromatic heterocycles. The van der Waals surface area contributed by atoms with E-state index in [9.17, 15) is 8.42 Å². The van der Waals surface area contributed by atoms with Crippen LogP contribution in [0, 0.1) is 5.92 Å². The quantitative estimate of drug-likeness (QED) is 0.810. The smallest absolute Gasteiger partial charge is 0.242 e. The first-order valence-electron chi connectivity index (χ1n) is 5.41. The van der Waals surface area contributed by atoms with Gasteiger partial charge in [0.25, 0.3) is 0 Å². The van der Waals surface area contributed by atoms with Crippen LogP contribution >= 0.6 is 11.6 Å². The lowest BCUT2D eigenvalue weighted by atomic mass is 10.1. The average Bonchev–Trinajstić information content (AvgIpc) is 2.29. The highest BCUT2D eigenvalue weighted by Crippen LogP contribution is 2.23. The molecule has 0 aliphatic rings. The molecule has 0 saturated heterocycles. The van der Waals surface area contributed by atoms with Gasteiger partial charge in [-0.2, -0.15) is 0 Å². The molecular formula is C11H17ClN2O2S. The summed E-state index contributed by atoms with van der Waals surface area (Å²) in [4.78, 5) is 0.0301. The summed E-state index contributed by atoms with van der Waals surface area (Å²) in [6.45, 7) is 4.37. The number of sulfonamides is 1. The number of nitrogens with one attached hydrogen (secondary N) is 1. The molecule has 0 aliphatic carbocycles. The molecule has 17 heavy (non-hydrogen) atoms. The molecule has 0 amide bonds. The number of nitrogens with two attached hydrogens (primary N) is 1. The standard InChI is InChI=1S/C11H17ClN2O2S/c1-3-8(2)7-14-17(15,16)11-6-9(13)4-5-10(11)12/h4-6,8,14H,3,7,13H2,1-2H3. The van der Waals surface area contributed by atoms with E-state index in [4.69, 9.17) is 17.3 Å². The Kier molecular flexibility index (Phi) is 4.80. The van der Waals surface area contributed by atoms with Gasteiger partial charge < -0.3 is 5.73 Å². The summed E-state index contributed by atoms with van der Waals surface area (Å²) in [5, 5.41) is 0.177. The lowest BCUT2D eigenvalue weighted by Crippen LogP contribution is -2.28. The fourth-order valence-electron chi connectivity index (χ4n) is 1.20. The van der Waals surface area contributed by atoms with Crippen molar-refractivity contribution in [1.29, 1.82) is 0 Å². The van der Waals surface area contributed by atoms with Gasteiger partial charge in [-0.15, -0.1) is 0 Å². The SMILES string of the molecule is CCC(C)CNS(=O)(=O)c1cc(N)ccc1Cl. The molecule has 1 aromatic carbocycles. The molecule has 0 saturated carbocycles. The lowest BCUT2D eigenvalue weighted by Gasteiger charge is -2.12. The van der Waals surface area contributed by atoms with Crippen molar-refractivity contribution in [3.8, 4) is 0 Å². The van der Waals surface area contributed by atoms with E-state index in [2.05, 4.69) is 4.72 Å². The monoisotopic (exact) mass is 276 g/mol. The second kappa shape index (κ2) is 5.71. The molecule has 3 N–H and O–H groups in total. The van der Waals surface area contributed by atoms with Gasteiger partial charge in [0, 0.05) is 12.2 Å². The minimum absolute atomic E-state index is 0.0301. The maximum Gasteiger partial charge on any atom is 0.242 e. The first-order chi connectivity index (χ1) is 7.86. The molecule has 0 heterocycles. The number of hydrogen-bond donors (Lipinski definition) is 2. The van der Waals surface area contributed by atoms with Crippen LogP contribution in [0.2, 0.25) is 5.02 Å². The predicted octanol–water partition coefficient (Wildman–Crippen LogP) is 2.25. The van der Waals surface area contributed by atoms with Crippen LogP contribution in [-0.2, 0) is 10.0 Å². The largest absolute Gasteiger partial charge is 0.399 e. The van der Waals surface area contributed by atoms with E-state index in [0.29, 0.717) is 12.2 Å². The number of rotatable bonds is 5. The number of hydrogen-bond acceptors (Lipinski definition) is 3. The summed E-state index contributed by atoms with van der Waals surface area (Å²) < 4.78 is 26.5. The Morgan fingerprint density at radius 2 is 2.12 bits per heavy atom. The summed E-state index contributed by atoms with van der Waals surface area (Å²) in [5.41, 5.74) is 5.93. The Morgan fingerprint density at radius 1 is 1.47 bits per heavy atom. The van der Waals surface area contributed by atoms with Crippen LogP contribution in [0.5, 0.6) is 0 Å². The zero-order chi connectivity index (χ0) is 13.1. The van der Waals surface area contributed by atoms with Gasteiger partial charge in [0.2, 0.25) is 10.0 Å². The fourth-order valence-corrected chi connectivity index (χ4v) is 2.90. The fraction of sp³-hybridized carbons (Fsp3) is 0.455. The van der Waals surface area contributed by atoms with Crippen molar-refractivity contribution in [3.05, 3.63) is 23.2 Å². The normalized spacial score (nSPS) is 13.6. The highest BCUT2D eigenvalue weighted by Gasteiger charge is 2.18. The molecule has 4 nitrogen and oxygen atoms in total. The van der Waals surface area contributed by atoms with E-state index in [1.807, 2.05) is 13.8 Å². The zero-order valence-corrected chi connectivity index (χ0v) is 11.5. The van der Waals surface area contributed by atoms with E-state index in [1.165, 1.54) is 12.1 Å². The predicted molar refractivity (Wildman–Crippen MR) is 70.5 cm³/mol. The molecule has 1 aromatic rings. The number of anilines is 1. The summed E-state index contributed by atoms with van der Waals surface area (Å²) in [6, 6.07) is 4.41. The van der Waals surface area contributed by atoms with Crippen molar-refractivity contribution in [1.82, 2.24) is 4.72 Å². The Morgan fingerprint density at radius 3 is 2.71 bits per heavy atom. The second-order valence-electron chi connectivity index (χ2n) is 4.06. The first-order valence-corrected chi connectivity index (χ1v) is 7.27. The first kappa shape index (κ1) is 14.3. The van der Waals surface area contributed by atoms with E-state index in [0.717, 1.165) is 6.42 Å². The number of halogens is 1. The summed E-state index contributed by atoms with van der Waals surface area (Å²) in [6.07, 6.45) is 0.910. The van der Waals surface area contributed by atoms with Crippen LogP contribution in [0.1, 0.15) is 20.3 Å². The molecule has 6 heteroatoms.